The third kappa shape index (κ3) is 3.31. The van der Waals surface area contributed by atoms with Crippen LogP contribution in [0.2, 0.25) is 0 Å². The highest BCUT2D eigenvalue weighted by Gasteiger charge is 2.33. The fourth-order valence-corrected chi connectivity index (χ4v) is 3.77. The van der Waals surface area contributed by atoms with Crippen LogP contribution in [0.5, 0.6) is 5.75 Å². The zero-order valence-corrected chi connectivity index (χ0v) is 15.9. The Labute approximate surface area is 163 Å². The summed E-state index contributed by atoms with van der Waals surface area (Å²) in [7, 11) is 1.67. The molecule has 2 aromatic heterocycles. The van der Waals surface area contributed by atoms with Gasteiger partial charge in [-0.2, -0.15) is 0 Å². The lowest BCUT2D eigenvalue weighted by atomic mass is 9.98. The number of nitrogens with zero attached hydrogens (tertiary/aromatic N) is 2. The highest BCUT2D eigenvalue weighted by atomic mass is 16.6. The molecule has 1 fully saturated rings. The lowest BCUT2D eigenvalue weighted by molar-refractivity contribution is -0.0230. The van der Waals surface area contributed by atoms with Crippen molar-refractivity contribution in [2.24, 2.45) is 0 Å². The Kier molecular flexibility index (Phi) is 4.62. The van der Waals surface area contributed by atoms with Crippen molar-refractivity contribution in [3.8, 4) is 5.75 Å². The molecule has 0 bridgehead atoms. The summed E-state index contributed by atoms with van der Waals surface area (Å²) in [4.78, 5) is 12.4. The predicted molar refractivity (Wildman–Crippen MR) is 106 cm³/mol. The molecule has 2 atom stereocenters. The van der Waals surface area contributed by atoms with Gasteiger partial charge < -0.3 is 24.5 Å². The van der Waals surface area contributed by atoms with Gasteiger partial charge in [0.05, 0.1) is 24.6 Å². The van der Waals surface area contributed by atoms with Crippen LogP contribution >= 0.6 is 0 Å². The van der Waals surface area contributed by atoms with Gasteiger partial charge in [-0.3, -0.25) is 0 Å². The minimum atomic E-state index is -0.142. The quantitative estimate of drug-likeness (QED) is 0.612. The van der Waals surface area contributed by atoms with Crippen molar-refractivity contribution in [1.82, 2.24) is 15.0 Å². The second-order valence-corrected chi connectivity index (χ2v) is 7.36. The first-order valence-corrected chi connectivity index (χ1v) is 9.76. The van der Waals surface area contributed by atoms with Gasteiger partial charge in [0.2, 0.25) is 0 Å². The van der Waals surface area contributed by atoms with E-state index in [0.29, 0.717) is 25.7 Å². The van der Waals surface area contributed by atoms with Gasteiger partial charge in [0.15, 0.2) is 0 Å². The SMILES string of the molecule is COCCO[C@H]1COc2ccccc2[C@@H]1Nc1ncnc2[nH]c(C3CC3)cc12. The molecule has 7 heteroatoms. The van der Waals surface area contributed by atoms with Crippen LogP contribution in [0.15, 0.2) is 36.7 Å². The minimum absolute atomic E-state index is 0.0702. The molecular weight excluding hydrogens is 356 g/mol. The molecule has 1 aliphatic heterocycles. The number of anilines is 1. The molecule has 1 aliphatic carbocycles. The van der Waals surface area contributed by atoms with E-state index < -0.39 is 0 Å². The molecule has 2 aliphatic rings. The van der Waals surface area contributed by atoms with Crippen LogP contribution in [-0.2, 0) is 9.47 Å². The lowest BCUT2D eigenvalue weighted by Crippen LogP contribution is -2.38. The first-order chi connectivity index (χ1) is 13.8. The van der Waals surface area contributed by atoms with E-state index in [1.54, 1.807) is 13.4 Å². The summed E-state index contributed by atoms with van der Waals surface area (Å²) in [6.45, 7) is 1.54. The van der Waals surface area contributed by atoms with Crippen molar-refractivity contribution in [1.29, 1.82) is 0 Å². The Hall–Kier alpha value is -2.64. The first kappa shape index (κ1) is 17.5. The van der Waals surface area contributed by atoms with Crippen LogP contribution in [0.25, 0.3) is 11.0 Å². The second kappa shape index (κ2) is 7.41. The maximum Gasteiger partial charge on any atom is 0.143 e. The monoisotopic (exact) mass is 380 g/mol. The molecule has 0 amide bonds. The Balaban J connectivity index is 1.47. The second-order valence-electron chi connectivity index (χ2n) is 7.36. The zero-order chi connectivity index (χ0) is 18.9. The number of hydrogen-bond donors (Lipinski definition) is 2. The van der Waals surface area contributed by atoms with Crippen molar-refractivity contribution < 1.29 is 14.2 Å². The molecular formula is C21H24N4O3. The maximum absolute atomic E-state index is 6.07. The Morgan fingerprint density at radius 2 is 2.11 bits per heavy atom. The van der Waals surface area contributed by atoms with E-state index in [2.05, 4.69) is 32.4 Å². The van der Waals surface area contributed by atoms with Gasteiger partial charge in [-0.15, -0.1) is 0 Å². The summed E-state index contributed by atoms with van der Waals surface area (Å²) >= 11 is 0. The van der Waals surface area contributed by atoms with E-state index in [4.69, 9.17) is 14.2 Å². The van der Waals surface area contributed by atoms with Gasteiger partial charge in [-0.25, -0.2) is 9.97 Å². The van der Waals surface area contributed by atoms with Crippen molar-refractivity contribution in [3.63, 3.8) is 0 Å². The fraction of sp³-hybridized carbons (Fsp3) is 0.429. The van der Waals surface area contributed by atoms with Crippen LogP contribution in [0, 0.1) is 0 Å². The normalized spacial score (nSPS) is 21.3. The highest BCUT2D eigenvalue weighted by molar-refractivity contribution is 5.88. The summed E-state index contributed by atoms with van der Waals surface area (Å²) in [5.74, 6) is 2.33. The number of para-hydroxylation sites is 1. The molecule has 0 unspecified atom stereocenters. The average Bonchev–Trinajstić information content (AvgIpc) is 3.48. The Morgan fingerprint density at radius 1 is 1.21 bits per heavy atom. The van der Waals surface area contributed by atoms with Crippen LogP contribution in [-0.4, -0.2) is 48.0 Å². The number of nitrogens with one attached hydrogen (secondary N) is 2. The molecule has 5 rings (SSSR count). The van der Waals surface area contributed by atoms with Crippen molar-refractivity contribution in [3.05, 3.63) is 47.9 Å². The number of aromatic amines is 1. The number of rotatable bonds is 7. The number of methoxy groups -OCH3 is 1. The van der Waals surface area contributed by atoms with Crippen LogP contribution in [0.4, 0.5) is 5.82 Å². The summed E-state index contributed by atoms with van der Waals surface area (Å²) < 4.78 is 17.1. The molecule has 146 valence electrons. The van der Waals surface area contributed by atoms with E-state index in [1.807, 2.05) is 18.2 Å². The summed E-state index contributed by atoms with van der Waals surface area (Å²) in [6, 6.07) is 10.2. The van der Waals surface area contributed by atoms with Gasteiger partial charge in [0.1, 0.15) is 36.3 Å². The Bertz CT molecular complexity index is 969. The molecule has 0 saturated heterocycles. The molecule has 0 spiro atoms. The van der Waals surface area contributed by atoms with E-state index >= 15 is 0 Å². The topological polar surface area (TPSA) is 81.3 Å². The molecule has 2 N–H and O–H groups in total. The molecule has 1 aromatic carbocycles. The Morgan fingerprint density at radius 3 is 2.96 bits per heavy atom. The zero-order valence-electron chi connectivity index (χ0n) is 15.9. The van der Waals surface area contributed by atoms with Gasteiger partial charge in [-0.1, -0.05) is 18.2 Å². The molecule has 3 aromatic rings. The standard InChI is InChI=1S/C21H24N4O3/c1-26-8-9-27-18-11-28-17-5-3-2-4-14(17)19(18)25-21-15-10-16(13-6-7-13)24-20(15)22-12-23-21/h2-5,10,12-13,18-19H,6-9,11H2,1H3,(H2,22,23,24,25)/t18-,19-/m0/s1. The summed E-state index contributed by atoms with van der Waals surface area (Å²) in [5.41, 5.74) is 3.19. The number of benzene rings is 1. The van der Waals surface area contributed by atoms with Gasteiger partial charge in [-0.05, 0) is 30.9 Å². The van der Waals surface area contributed by atoms with Crippen molar-refractivity contribution in [2.45, 2.75) is 30.9 Å². The number of aromatic nitrogens is 3. The van der Waals surface area contributed by atoms with Crippen LogP contribution < -0.4 is 10.1 Å². The summed E-state index contributed by atoms with van der Waals surface area (Å²) in [5, 5.41) is 4.63. The molecule has 3 heterocycles. The van der Waals surface area contributed by atoms with Crippen LogP contribution in [0.1, 0.15) is 36.1 Å². The predicted octanol–water partition coefficient (Wildman–Crippen LogP) is 3.41. The number of ether oxygens (including phenoxy) is 3. The number of hydrogen-bond acceptors (Lipinski definition) is 6. The molecule has 7 nitrogen and oxygen atoms in total. The molecule has 0 radical (unpaired) electrons. The number of H-pyrrole nitrogens is 1. The van der Waals surface area contributed by atoms with Crippen molar-refractivity contribution in [2.75, 3.05) is 32.2 Å². The molecule has 1 saturated carbocycles. The van der Waals surface area contributed by atoms with Gasteiger partial charge >= 0.3 is 0 Å². The van der Waals surface area contributed by atoms with E-state index in [0.717, 1.165) is 28.2 Å². The van der Waals surface area contributed by atoms with E-state index in [1.165, 1.54) is 18.5 Å². The third-order valence-electron chi connectivity index (χ3n) is 5.40. The lowest BCUT2D eigenvalue weighted by Gasteiger charge is -2.34. The highest BCUT2D eigenvalue weighted by Crippen LogP contribution is 2.42. The number of fused-ring (bicyclic) bond motifs is 2. The van der Waals surface area contributed by atoms with Gasteiger partial charge in [0.25, 0.3) is 0 Å². The van der Waals surface area contributed by atoms with E-state index in [-0.39, 0.29) is 12.1 Å². The molecule has 28 heavy (non-hydrogen) atoms. The largest absolute Gasteiger partial charge is 0.490 e. The maximum atomic E-state index is 6.07. The first-order valence-electron chi connectivity index (χ1n) is 9.76. The minimum Gasteiger partial charge on any atom is -0.490 e. The smallest absolute Gasteiger partial charge is 0.143 e. The summed E-state index contributed by atoms with van der Waals surface area (Å²) in [6.07, 6.45) is 3.94. The van der Waals surface area contributed by atoms with Crippen molar-refractivity contribution >= 4 is 16.9 Å². The average molecular weight is 380 g/mol. The van der Waals surface area contributed by atoms with Gasteiger partial charge in [0, 0.05) is 18.4 Å². The third-order valence-corrected chi connectivity index (χ3v) is 5.40. The van der Waals surface area contributed by atoms with E-state index in [9.17, 15) is 0 Å². The fourth-order valence-electron chi connectivity index (χ4n) is 3.77. The van der Waals surface area contributed by atoms with Crippen LogP contribution in [0.3, 0.4) is 0 Å².